The molecule has 0 aliphatic carbocycles. The van der Waals surface area contributed by atoms with Crippen LogP contribution in [0.2, 0.25) is 0 Å². The first-order valence-corrected chi connectivity index (χ1v) is 5.52. The van der Waals surface area contributed by atoms with E-state index in [9.17, 15) is 0 Å². The molecule has 0 saturated heterocycles. The Morgan fingerprint density at radius 3 is 2.69 bits per heavy atom. The molecule has 0 N–H and O–H groups in total. The molecule has 0 fully saturated rings. The molecule has 13 heavy (non-hydrogen) atoms. The first kappa shape index (κ1) is 9.06. The van der Waals surface area contributed by atoms with E-state index in [1.54, 1.807) is 0 Å². The van der Waals surface area contributed by atoms with E-state index in [1.807, 2.05) is 0 Å². The monoisotopic (exact) mass is 285 g/mol. The van der Waals surface area contributed by atoms with Crippen LogP contribution >= 0.6 is 22.6 Å². The molecule has 1 nitrogen and oxygen atoms in total. The maximum Gasteiger partial charge on any atom is 0.0493 e. The fourth-order valence-corrected chi connectivity index (χ4v) is 2.05. The van der Waals surface area contributed by atoms with Crippen LogP contribution in [0.15, 0.2) is 30.5 Å². The van der Waals surface area contributed by atoms with E-state index < -0.39 is 0 Å². The van der Waals surface area contributed by atoms with Gasteiger partial charge in [-0.05, 0) is 60.0 Å². The Hall–Kier alpha value is -0.510. The molecule has 1 heterocycles. The summed E-state index contributed by atoms with van der Waals surface area (Å²) in [6.45, 7) is 4.42. The van der Waals surface area contributed by atoms with Crippen molar-refractivity contribution in [2.75, 3.05) is 0 Å². The SMILES string of the molecule is CC(C)n1ccc2ccc(I)cc21. The van der Waals surface area contributed by atoms with E-state index >= 15 is 0 Å². The Bertz CT molecular complexity index is 429. The fourth-order valence-electron chi connectivity index (χ4n) is 1.57. The zero-order valence-corrected chi connectivity index (χ0v) is 9.95. The fraction of sp³-hybridized carbons (Fsp3) is 0.273. The lowest BCUT2D eigenvalue weighted by molar-refractivity contribution is 0.623. The highest BCUT2D eigenvalue weighted by atomic mass is 127. The summed E-state index contributed by atoms with van der Waals surface area (Å²) < 4.78 is 3.60. The summed E-state index contributed by atoms with van der Waals surface area (Å²) in [4.78, 5) is 0. The van der Waals surface area contributed by atoms with Crippen LogP contribution in [0.3, 0.4) is 0 Å². The quantitative estimate of drug-likeness (QED) is 0.702. The van der Waals surface area contributed by atoms with Crippen molar-refractivity contribution in [1.29, 1.82) is 0 Å². The van der Waals surface area contributed by atoms with Gasteiger partial charge in [-0.15, -0.1) is 0 Å². The molecule has 0 radical (unpaired) electrons. The molecule has 68 valence electrons. The Morgan fingerprint density at radius 1 is 1.23 bits per heavy atom. The number of nitrogens with zero attached hydrogens (tertiary/aromatic N) is 1. The first-order chi connectivity index (χ1) is 6.18. The van der Waals surface area contributed by atoms with Gasteiger partial charge in [0.15, 0.2) is 0 Å². The molecule has 0 bridgehead atoms. The predicted octanol–water partition coefficient (Wildman–Crippen LogP) is 3.83. The molecule has 0 amide bonds. The summed E-state index contributed by atoms with van der Waals surface area (Å²) in [5.41, 5.74) is 1.34. The van der Waals surface area contributed by atoms with Crippen LogP contribution in [-0.2, 0) is 0 Å². The Morgan fingerprint density at radius 2 is 2.00 bits per heavy atom. The van der Waals surface area contributed by atoms with Crippen molar-refractivity contribution < 1.29 is 0 Å². The van der Waals surface area contributed by atoms with Crippen molar-refractivity contribution in [3.8, 4) is 0 Å². The molecule has 0 aliphatic heterocycles. The molecule has 2 rings (SSSR count). The van der Waals surface area contributed by atoms with E-state index in [-0.39, 0.29) is 0 Å². The summed E-state index contributed by atoms with van der Waals surface area (Å²) in [7, 11) is 0. The molecule has 0 aliphatic rings. The second-order valence-electron chi connectivity index (χ2n) is 3.52. The highest BCUT2D eigenvalue weighted by molar-refractivity contribution is 14.1. The summed E-state index contributed by atoms with van der Waals surface area (Å²) in [5.74, 6) is 0. The number of aromatic nitrogens is 1. The van der Waals surface area contributed by atoms with Gasteiger partial charge in [-0.3, -0.25) is 0 Å². The van der Waals surface area contributed by atoms with E-state index in [1.165, 1.54) is 14.5 Å². The van der Waals surface area contributed by atoms with Gasteiger partial charge in [-0.2, -0.15) is 0 Å². The third-order valence-corrected chi connectivity index (χ3v) is 2.91. The molecule has 2 heteroatoms. The van der Waals surface area contributed by atoms with Crippen molar-refractivity contribution in [3.05, 3.63) is 34.0 Å². The first-order valence-electron chi connectivity index (χ1n) is 4.44. The largest absolute Gasteiger partial charge is 0.345 e. The maximum absolute atomic E-state index is 2.35. The number of rotatable bonds is 1. The molecule has 0 unspecified atom stereocenters. The van der Waals surface area contributed by atoms with Crippen molar-refractivity contribution in [2.45, 2.75) is 19.9 Å². The van der Waals surface area contributed by atoms with E-state index in [0.717, 1.165) is 0 Å². The summed E-state index contributed by atoms with van der Waals surface area (Å²) in [6.07, 6.45) is 2.16. The lowest BCUT2D eigenvalue weighted by atomic mass is 10.2. The van der Waals surface area contributed by atoms with Crippen molar-refractivity contribution in [2.24, 2.45) is 0 Å². The molecule has 0 saturated carbocycles. The second-order valence-corrected chi connectivity index (χ2v) is 4.77. The highest BCUT2D eigenvalue weighted by Gasteiger charge is 2.03. The van der Waals surface area contributed by atoms with Crippen LogP contribution in [0.5, 0.6) is 0 Å². The molecular formula is C11H12IN. The minimum atomic E-state index is 0.538. The molecular weight excluding hydrogens is 273 g/mol. The number of hydrogen-bond acceptors (Lipinski definition) is 0. The van der Waals surface area contributed by atoms with Gasteiger partial charge in [0, 0.05) is 21.3 Å². The standard InChI is InChI=1S/C11H12IN/c1-8(2)13-6-5-9-3-4-10(12)7-11(9)13/h3-8H,1-2H3. The second kappa shape index (κ2) is 3.33. The van der Waals surface area contributed by atoms with Crippen LogP contribution in [0, 0.1) is 3.57 Å². The topological polar surface area (TPSA) is 4.93 Å². The Balaban J connectivity index is 2.71. The number of benzene rings is 1. The normalized spacial score (nSPS) is 11.4. The molecule has 2 aromatic rings. The van der Waals surface area contributed by atoms with E-state index in [4.69, 9.17) is 0 Å². The zero-order valence-electron chi connectivity index (χ0n) is 7.79. The van der Waals surface area contributed by atoms with Gasteiger partial charge in [0.2, 0.25) is 0 Å². The lowest BCUT2D eigenvalue weighted by Crippen LogP contribution is -1.97. The average molecular weight is 285 g/mol. The molecule has 1 aromatic carbocycles. The van der Waals surface area contributed by atoms with Gasteiger partial charge in [0.25, 0.3) is 0 Å². The maximum atomic E-state index is 2.35. The van der Waals surface area contributed by atoms with Crippen LogP contribution in [0.1, 0.15) is 19.9 Å². The van der Waals surface area contributed by atoms with E-state index in [0.29, 0.717) is 6.04 Å². The van der Waals surface area contributed by atoms with Crippen LogP contribution in [0.25, 0.3) is 10.9 Å². The minimum absolute atomic E-state index is 0.538. The molecule has 1 aromatic heterocycles. The van der Waals surface area contributed by atoms with Gasteiger partial charge < -0.3 is 4.57 Å². The highest BCUT2D eigenvalue weighted by Crippen LogP contribution is 2.21. The van der Waals surface area contributed by atoms with E-state index in [2.05, 4.69) is 71.5 Å². The summed E-state index contributed by atoms with van der Waals surface area (Å²) in [5, 5.41) is 1.33. The summed E-state index contributed by atoms with van der Waals surface area (Å²) >= 11 is 2.35. The van der Waals surface area contributed by atoms with Gasteiger partial charge in [0.1, 0.15) is 0 Å². The Kier molecular flexibility index (Phi) is 2.32. The number of hydrogen-bond donors (Lipinski definition) is 0. The number of fused-ring (bicyclic) bond motifs is 1. The lowest BCUT2D eigenvalue weighted by Gasteiger charge is -2.08. The molecule has 0 atom stereocenters. The van der Waals surface area contributed by atoms with Gasteiger partial charge in [-0.1, -0.05) is 6.07 Å². The average Bonchev–Trinajstić information content (AvgIpc) is 2.46. The van der Waals surface area contributed by atoms with Crippen LogP contribution < -0.4 is 0 Å². The van der Waals surface area contributed by atoms with Crippen molar-refractivity contribution in [1.82, 2.24) is 4.57 Å². The van der Waals surface area contributed by atoms with Crippen LogP contribution in [-0.4, -0.2) is 4.57 Å². The van der Waals surface area contributed by atoms with Crippen LogP contribution in [0.4, 0.5) is 0 Å². The van der Waals surface area contributed by atoms with Gasteiger partial charge in [0.05, 0.1) is 0 Å². The third kappa shape index (κ3) is 1.59. The summed E-state index contributed by atoms with van der Waals surface area (Å²) in [6, 6.07) is 9.26. The van der Waals surface area contributed by atoms with Crippen molar-refractivity contribution >= 4 is 33.5 Å². The predicted molar refractivity (Wildman–Crippen MR) is 65.0 cm³/mol. The minimum Gasteiger partial charge on any atom is -0.345 e. The molecule has 0 spiro atoms. The zero-order chi connectivity index (χ0) is 9.42. The van der Waals surface area contributed by atoms with Gasteiger partial charge >= 0.3 is 0 Å². The third-order valence-electron chi connectivity index (χ3n) is 2.24. The van der Waals surface area contributed by atoms with Crippen molar-refractivity contribution in [3.63, 3.8) is 0 Å². The number of halogens is 1. The Labute approximate surface area is 91.9 Å². The van der Waals surface area contributed by atoms with Gasteiger partial charge in [-0.25, -0.2) is 0 Å². The smallest absolute Gasteiger partial charge is 0.0493 e.